The predicted octanol–water partition coefficient (Wildman–Crippen LogP) is 2.87. The van der Waals surface area contributed by atoms with E-state index in [0.717, 1.165) is 31.6 Å². The fourth-order valence-electron chi connectivity index (χ4n) is 3.38. The van der Waals surface area contributed by atoms with Gasteiger partial charge in [-0.25, -0.2) is 19.9 Å². The number of anilines is 3. The standard InChI is InChI=1S/C20H22ClN7O2/c1-30-17(29)11-28-7-5-14(6-8-28)26-20-22-10-16-18(27-20)19(24-12-23-16)25-15-4-2-3-13(21)9-15/h2-4,9-10,12,14H,5-8,11H2,1H3,(H,22,26,27)(H,23,24,25). The van der Waals surface area contributed by atoms with Crippen LogP contribution in [0.1, 0.15) is 12.8 Å². The molecule has 1 aliphatic heterocycles. The minimum absolute atomic E-state index is 0.209. The van der Waals surface area contributed by atoms with E-state index >= 15 is 0 Å². The van der Waals surface area contributed by atoms with Crippen molar-refractivity contribution in [2.24, 2.45) is 0 Å². The zero-order valence-corrected chi connectivity index (χ0v) is 17.3. The SMILES string of the molecule is COC(=O)CN1CCC(Nc2ncc3ncnc(Nc4cccc(Cl)c4)c3n2)CC1. The number of carbonyl (C=O) groups excluding carboxylic acids is 1. The van der Waals surface area contributed by atoms with Crippen molar-refractivity contribution < 1.29 is 9.53 Å². The Morgan fingerprint density at radius 2 is 2.10 bits per heavy atom. The molecular formula is C20H22ClN7O2. The van der Waals surface area contributed by atoms with E-state index in [0.29, 0.717) is 34.4 Å². The second-order valence-electron chi connectivity index (χ2n) is 7.06. The van der Waals surface area contributed by atoms with Crippen molar-refractivity contribution in [3.8, 4) is 0 Å². The number of aromatic nitrogens is 4. The number of benzene rings is 1. The van der Waals surface area contributed by atoms with Gasteiger partial charge < -0.3 is 15.4 Å². The number of nitrogens with one attached hydrogen (secondary N) is 2. The Kier molecular flexibility index (Phi) is 6.20. The van der Waals surface area contributed by atoms with Crippen molar-refractivity contribution in [1.82, 2.24) is 24.8 Å². The summed E-state index contributed by atoms with van der Waals surface area (Å²) in [5.41, 5.74) is 2.08. The van der Waals surface area contributed by atoms with E-state index in [4.69, 9.17) is 16.3 Å². The van der Waals surface area contributed by atoms with E-state index in [1.54, 1.807) is 6.20 Å². The van der Waals surface area contributed by atoms with Crippen molar-refractivity contribution in [3.63, 3.8) is 0 Å². The van der Waals surface area contributed by atoms with Gasteiger partial charge in [0.25, 0.3) is 0 Å². The molecule has 0 saturated carbocycles. The lowest BCUT2D eigenvalue weighted by Crippen LogP contribution is -2.41. The van der Waals surface area contributed by atoms with Gasteiger partial charge in [-0.05, 0) is 31.0 Å². The highest BCUT2D eigenvalue weighted by molar-refractivity contribution is 6.30. The molecule has 2 N–H and O–H groups in total. The van der Waals surface area contributed by atoms with Crippen molar-refractivity contribution in [3.05, 3.63) is 41.8 Å². The highest BCUT2D eigenvalue weighted by Crippen LogP contribution is 2.24. The molecule has 1 aliphatic rings. The van der Waals surface area contributed by atoms with E-state index in [1.807, 2.05) is 24.3 Å². The van der Waals surface area contributed by atoms with Crippen molar-refractivity contribution in [1.29, 1.82) is 0 Å². The first-order valence-corrected chi connectivity index (χ1v) is 10.0. The Hall–Kier alpha value is -3.04. The number of fused-ring (bicyclic) bond motifs is 1. The number of methoxy groups -OCH3 is 1. The lowest BCUT2D eigenvalue weighted by Gasteiger charge is -2.31. The average molecular weight is 428 g/mol. The topological polar surface area (TPSA) is 105 Å². The Balaban J connectivity index is 1.46. The largest absolute Gasteiger partial charge is 0.468 e. The summed E-state index contributed by atoms with van der Waals surface area (Å²) < 4.78 is 4.74. The van der Waals surface area contributed by atoms with Gasteiger partial charge in [0.15, 0.2) is 5.82 Å². The van der Waals surface area contributed by atoms with Gasteiger partial charge in [-0.15, -0.1) is 0 Å². The maximum Gasteiger partial charge on any atom is 0.319 e. The number of nitrogens with zero attached hydrogens (tertiary/aromatic N) is 5. The molecule has 1 fully saturated rings. The summed E-state index contributed by atoms with van der Waals surface area (Å²) >= 11 is 6.07. The molecule has 0 unspecified atom stereocenters. The Labute approximate surface area is 178 Å². The molecule has 156 valence electrons. The number of hydrogen-bond acceptors (Lipinski definition) is 9. The van der Waals surface area contributed by atoms with Crippen LogP contribution >= 0.6 is 11.6 Å². The molecule has 30 heavy (non-hydrogen) atoms. The van der Waals surface area contributed by atoms with E-state index in [2.05, 4.69) is 35.5 Å². The van der Waals surface area contributed by atoms with Crippen LogP contribution in [0, 0.1) is 0 Å². The first-order chi connectivity index (χ1) is 14.6. The summed E-state index contributed by atoms with van der Waals surface area (Å²) in [4.78, 5) is 31.1. The number of rotatable bonds is 6. The van der Waals surface area contributed by atoms with Crippen LogP contribution in [0.2, 0.25) is 5.02 Å². The molecule has 3 heterocycles. The molecular weight excluding hydrogens is 406 g/mol. The van der Waals surface area contributed by atoms with Crippen molar-refractivity contribution >= 4 is 46.1 Å². The van der Waals surface area contributed by atoms with Gasteiger partial charge in [-0.2, -0.15) is 0 Å². The summed E-state index contributed by atoms with van der Waals surface area (Å²) in [5, 5.41) is 7.27. The predicted molar refractivity (Wildman–Crippen MR) is 115 cm³/mol. The lowest BCUT2D eigenvalue weighted by atomic mass is 10.1. The van der Waals surface area contributed by atoms with Crippen LogP contribution in [-0.2, 0) is 9.53 Å². The smallest absolute Gasteiger partial charge is 0.319 e. The normalized spacial score (nSPS) is 15.1. The molecule has 1 saturated heterocycles. The monoisotopic (exact) mass is 427 g/mol. The number of likely N-dealkylation sites (tertiary alicyclic amines) is 1. The average Bonchev–Trinajstić information content (AvgIpc) is 2.75. The zero-order valence-electron chi connectivity index (χ0n) is 16.5. The molecule has 0 amide bonds. The second-order valence-corrected chi connectivity index (χ2v) is 7.49. The summed E-state index contributed by atoms with van der Waals surface area (Å²) in [6.45, 7) is 1.95. The highest BCUT2D eigenvalue weighted by atomic mass is 35.5. The van der Waals surface area contributed by atoms with Gasteiger partial charge in [0, 0.05) is 29.8 Å². The van der Waals surface area contributed by atoms with Gasteiger partial charge in [0.05, 0.1) is 19.9 Å². The van der Waals surface area contributed by atoms with Gasteiger partial charge in [-0.1, -0.05) is 17.7 Å². The highest BCUT2D eigenvalue weighted by Gasteiger charge is 2.22. The fourth-order valence-corrected chi connectivity index (χ4v) is 3.57. The molecule has 0 atom stereocenters. The number of halogens is 1. The molecule has 0 spiro atoms. The van der Waals surface area contributed by atoms with Crippen LogP contribution in [0.25, 0.3) is 11.0 Å². The molecule has 10 heteroatoms. The fraction of sp³-hybridized carbons (Fsp3) is 0.350. The van der Waals surface area contributed by atoms with E-state index in [9.17, 15) is 4.79 Å². The van der Waals surface area contributed by atoms with E-state index in [1.165, 1.54) is 13.4 Å². The minimum atomic E-state index is -0.209. The van der Waals surface area contributed by atoms with Crippen LogP contribution in [0.15, 0.2) is 36.8 Å². The van der Waals surface area contributed by atoms with E-state index in [-0.39, 0.29) is 12.0 Å². The molecule has 0 bridgehead atoms. The second kappa shape index (κ2) is 9.19. The number of carbonyl (C=O) groups is 1. The van der Waals surface area contributed by atoms with Crippen molar-refractivity contribution in [2.45, 2.75) is 18.9 Å². The first kappa shape index (κ1) is 20.2. The summed E-state index contributed by atoms with van der Waals surface area (Å²) in [6, 6.07) is 7.62. The lowest BCUT2D eigenvalue weighted by molar-refractivity contribution is -0.142. The maximum absolute atomic E-state index is 11.4. The van der Waals surface area contributed by atoms with Gasteiger partial charge in [0.2, 0.25) is 5.95 Å². The third kappa shape index (κ3) is 4.92. The molecule has 2 aromatic heterocycles. The summed E-state index contributed by atoms with van der Waals surface area (Å²) in [7, 11) is 1.41. The molecule has 0 aliphatic carbocycles. The molecule has 0 radical (unpaired) electrons. The van der Waals surface area contributed by atoms with Crippen LogP contribution in [-0.4, -0.2) is 63.6 Å². The Morgan fingerprint density at radius 1 is 1.27 bits per heavy atom. The van der Waals surface area contributed by atoms with Crippen LogP contribution < -0.4 is 10.6 Å². The Bertz CT molecular complexity index is 1040. The quantitative estimate of drug-likeness (QED) is 0.574. The van der Waals surface area contributed by atoms with Gasteiger partial charge in [0.1, 0.15) is 17.4 Å². The molecule has 4 rings (SSSR count). The van der Waals surface area contributed by atoms with Crippen molar-refractivity contribution in [2.75, 3.05) is 37.4 Å². The number of hydrogen-bond donors (Lipinski definition) is 2. The number of piperidine rings is 1. The third-order valence-electron chi connectivity index (χ3n) is 4.97. The number of ether oxygens (including phenoxy) is 1. The zero-order chi connectivity index (χ0) is 20.9. The maximum atomic E-state index is 11.4. The first-order valence-electron chi connectivity index (χ1n) is 9.67. The van der Waals surface area contributed by atoms with E-state index < -0.39 is 0 Å². The summed E-state index contributed by atoms with van der Waals surface area (Å²) in [6.07, 6.45) is 4.93. The number of esters is 1. The Morgan fingerprint density at radius 3 is 2.87 bits per heavy atom. The molecule has 3 aromatic rings. The minimum Gasteiger partial charge on any atom is -0.468 e. The van der Waals surface area contributed by atoms with Crippen LogP contribution in [0.4, 0.5) is 17.5 Å². The summed E-state index contributed by atoms with van der Waals surface area (Å²) in [5.74, 6) is 0.900. The van der Waals surface area contributed by atoms with Crippen LogP contribution in [0.5, 0.6) is 0 Å². The molecule has 1 aromatic carbocycles. The van der Waals surface area contributed by atoms with Gasteiger partial charge in [-0.3, -0.25) is 9.69 Å². The van der Waals surface area contributed by atoms with Gasteiger partial charge >= 0.3 is 5.97 Å². The third-order valence-corrected chi connectivity index (χ3v) is 5.20. The van der Waals surface area contributed by atoms with Crippen LogP contribution in [0.3, 0.4) is 0 Å². The molecule has 9 nitrogen and oxygen atoms in total.